The third-order valence-electron chi connectivity index (χ3n) is 4.04. The van der Waals surface area contributed by atoms with Crippen LogP contribution in [0.25, 0.3) is 0 Å². The van der Waals surface area contributed by atoms with E-state index in [0.29, 0.717) is 0 Å². The first-order valence-electron chi connectivity index (χ1n) is 9.06. The summed E-state index contributed by atoms with van der Waals surface area (Å²) in [5.41, 5.74) is 2.00. The molecule has 162 valence electrons. The predicted molar refractivity (Wildman–Crippen MR) is 114 cm³/mol. The highest BCUT2D eigenvalue weighted by molar-refractivity contribution is 7.87. The molecule has 0 unspecified atom stereocenters. The number of hydrogen-bond donors (Lipinski definition) is 0. The van der Waals surface area contributed by atoms with Crippen molar-refractivity contribution in [1.82, 2.24) is 0 Å². The van der Waals surface area contributed by atoms with Crippen LogP contribution in [-0.4, -0.2) is 28.3 Å². The Hall–Kier alpha value is -2.72. The molecular weight excluding hydrogens is 428 g/mol. The predicted octanol–water partition coefficient (Wildman–Crippen LogP) is 3.80. The van der Waals surface area contributed by atoms with Gasteiger partial charge in [0.15, 0.2) is 0 Å². The molecule has 0 aromatic heterocycles. The number of benzene rings is 2. The molecule has 2 aromatic carbocycles. The number of hydrogen-bond acceptors (Lipinski definition) is 8. The topological polar surface area (TPSA) is 111 Å². The summed E-state index contributed by atoms with van der Waals surface area (Å²) < 4.78 is 58.8. The van der Waals surface area contributed by atoms with Crippen LogP contribution in [0.15, 0.2) is 68.6 Å². The lowest BCUT2D eigenvalue weighted by atomic mass is 10.1. The average Bonchev–Trinajstić information content (AvgIpc) is 2.67. The zero-order valence-corrected chi connectivity index (χ0v) is 19.0. The molecule has 0 radical (unpaired) electrons. The summed E-state index contributed by atoms with van der Waals surface area (Å²) in [4.78, 5) is -0.0985. The van der Waals surface area contributed by atoms with Gasteiger partial charge in [0.05, 0.1) is 0 Å². The summed E-state index contributed by atoms with van der Waals surface area (Å²) in [5.74, 6) is -0.312. The van der Waals surface area contributed by atoms with Gasteiger partial charge in [-0.3, -0.25) is 8.57 Å². The molecule has 8 nitrogen and oxygen atoms in total. The van der Waals surface area contributed by atoms with Gasteiger partial charge < -0.3 is 0 Å². The fourth-order valence-electron chi connectivity index (χ4n) is 2.33. The van der Waals surface area contributed by atoms with Crippen molar-refractivity contribution in [2.45, 2.75) is 44.4 Å². The van der Waals surface area contributed by atoms with Crippen LogP contribution in [0.4, 0.5) is 0 Å². The number of nitrogens with zero attached hydrogens (tertiary/aromatic N) is 2. The zero-order valence-electron chi connectivity index (χ0n) is 17.4. The van der Waals surface area contributed by atoms with E-state index in [9.17, 15) is 16.8 Å². The number of rotatable bonds is 8. The molecule has 0 aliphatic carbocycles. The smallest absolute Gasteiger partial charge is 0.264 e. The van der Waals surface area contributed by atoms with Gasteiger partial charge in [-0.1, -0.05) is 59.6 Å². The summed E-state index contributed by atoms with van der Waals surface area (Å²) in [6, 6.07) is 12.2. The summed E-state index contributed by atoms with van der Waals surface area (Å²) in [6.07, 6.45) is 0. The maximum Gasteiger partial charge on any atom is 0.358 e. The summed E-state index contributed by atoms with van der Waals surface area (Å²) >= 11 is 0. The van der Waals surface area contributed by atoms with Crippen LogP contribution in [0.3, 0.4) is 0 Å². The Labute approximate surface area is 177 Å². The van der Waals surface area contributed by atoms with E-state index in [1.54, 1.807) is 38.1 Å². The third-order valence-corrected chi connectivity index (χ3v) is 6.28. The molecule has 0 aliphatic heterocycles. The lowest BCUT2D eigenvalue weighted by Crippen LogP contribution is -2.20. The molecule has 10 heteroatoms. The molecular formula is C20H24N2O6S2. The van der Waals surface area contributed by atoms with E-state index in [0.717, 1.165) is 11.1 Å². The number of oxime groups is 2. The van der Waals surface area contributed by atoms with E-state index >= 15 is 0 Å². The summed E-state index contributed by atoms with van der Waals surface area (Å²) in [5, 5.41) is 7.33. The normalized spacial score (nSPS) is 13.4. The average molecular weight is 453 g/mol. The standard InChI is InChI=1S/C20H24N2O6S2/c1-14(2)20(22-28-30(25,26)19-12-8-16(4)9-13-19)17(5)21-27-29(23,24)18-10-6-15(3)7-11-18/h6-14H,1-5H3. The third kappa shape index (κ3) is 6.14. The van der Waals surface area contributed by atoms with Crippen molar-refractivity contribution in [3.05, 3.63) is 59.7 Å². The lowest BCUT2D eigenvalue weighted by molar-refractivity contribution is 0.332. The van der Waals surface area contributed by atoms with Crippen LogP contribution >= 0.6 is 0 Å². The minimum Gasteiger partial charge on any atom is -0.264 e. The van der Waals surface area contributed by atoms with Crippen LogP contribution in [0, 0.1) is 19.8 Å². The molecule has 0 saturated heterocycles. The molecule has 30 heavy (non-hydrogen) atoms. The molecule has 0 spiro atoms. The van der Waals surface area contributed by atoms with Crippen molar-refractivity contribution >= 4 is 31.7 Å². The maximum absolute atomic E-state index is 12.3. The van der Waals surface area contributed by atoms with Crippen molar-refractivity contribution in [2.24, 2.45) is 16.2 Å². The van der Waals surface area contributed by atoms with Gasteiger partial charge in [-0.05, 0) is 45.0 Å². The fourth-order valence-corrected chi connectivity index (χ4v) is 3.83. The van der Waals surface area contributed by atoms with Crippen molar-refractivity contribution < 1.29 is 25.4 Å². The largest absolute Gasteiger partial charge is 0.358 e. The Morgan fingerprint density at radius 3 is 1.47 bits per heavy atom. The quantitative estimate of drug-likeness (QED) is 0.445. The Morgan fingerprint density at radius 1 is 0.733 bits per heavy atom. The van der Waals surface area contributed by atoms with Crippen LogP contribution < -0.4 is 0 Å². The van der Waals surface area contributed by atoms with Crippen LogP contribution in [0.5, 0.6) is 0 Å². The zero-order chi connectivity index (χ0) is 22.5. The van der Waals surface area contributed by atoms with Gasteiger partial charge in [0, 0.05) is 5.92 Å². The molecule has 0 saturated carbocycles. The Balaban J connectivity index is 2.23. The van der Waals surface area contributed by atoms with Gasteiger partial charge in [-0.2, -0.15) is 16.8 Å². The van der Waals surface area contributed by atoms with E-state index in [4.69, 9.17) is 8.57 Å². The SMILES string of the molecule is CC(=NOS(=O)(=O)c1ccc(C)cc1)C(=NOS(=O)(=O)c1ccc(C)cc1)C(C)C. The second kappa shape index (κ2) is 9.40. The van der Waals surface area contributed by atoms with Crippen LogP contribution in [-0.2, 0) is 28.8 Å². The lowest BCUT2D eigenvalue weighted by Gasteiger charge is -2.10. The minimum atomic E-state index is -4.13. The molecule has 2 rings (SSSR count). The fraction of sp³-hybridized carbons (Fsp3) is 0.300. The first-order valence-corrected chi connectivity index (χ1v) is 11.9. The van der Waals surface area contributed by atoms with Crippen molar-refractivity contribution in [1.29, 1.82) is 0 Å². The van der Waals surface area contributed by atoms with E-state index in [2.05, 4.69) is 10.3 Å². The highest BCUT2D eigenvalue weighted by Gasteiger charge is 2.20. The highest BCUT2D eigenvalue weighted by Crippen LogP contribution is 2.16. The Kier molecular flexibility index (Phi) is 7.38. The monoisotopic (exact) mass is 452 g/mol. The van der Waals surface area contributed by atoms with E-state index < -0.39 is 20.2 Å². The van der Waals surface area contributed by atoms with Crippen LogP contribution in [0.2, 0.25) is 0 Å². The van der Waals surface area contributed by atoms with Crippen molar-refractivity contribution in [3.8, 4) is 0 Å². The van der Waals surface area contributed by atoms with Crippen LogP contribution in [0.1, 0.15) is 31.9 Å². The highest BCUT2D eigenvalue weighted by atomic mass is 32.2. The van der Waals surface area contributed by atoms with Gasteiger partial charge in [0.25, 0.3) is 0 Å². The first kappa shape index (κ1) is 23.6. The molecule has 0 N–H and O–H groups in total. The minimum absolute atomic E-state index is 0.0484. The summed E-state index contributed by atoms with van der Waals surface area (Å²) in [7, 11) is -8.25. The van der Waals surface area contributed by atoms with Crippen molar-refractivity contribution in [3.63, 3.8) is 0 Å². The van der Waals surface area contributed by atoms with Gasteiger partial charge in [0.2, 0.25) is 0 Å². The van der Waals surface area contributed by atoms with Gasteiger partial charge in [-0.15, -0.1) is 0 Å². The van der Waals surface area contributed by atoms with Gasteiger partial charge in [-0.25, -0.2) is 0 Å². The molecule has 0 heterocycles. The number of aryl methyl sites for hydroxylation is 2. The molecule has 0 fully saturated rings. The maximum atomic E-state index is 12.3. The Bertz CT molecular complexity index is 1150. The van der Waals surface area contributed by atoms with E-state index in [1.807, 2.05) is 13.8 Å². The Morgan fingerprint density at radius 2 is 1.10 bits per heavy atom. The second-order valence-electron chi connectivity index (χ2n) is 6.99. The summed E-state index contributed by atoms with van der Waals surface area (Å²) in [6.45, 7) is 8.57. The first-order chi connectivity index (χ1) is 13.9. The molecule has 0 aliphatic rings. The molecule has 0 bridgehead atoms. The molecule has 0 atom stereocenters. The van der Waals surface area contributed by atoms with Crippen molar-refractivity contribution in [2.75, 3.05) is 0 Å². The van der Waals surface area contributed by atoms with Gasteiger partial charge >= 0.3 is 20.2 Å². The van der Waals surface area contributed by atoms with Gasteiger partial charge in [0.1, 0.15) is 21.2 Å². The van der Waals surface area contributed by atoms with E-state index in [-0.39, 0.29) is 27.1 Å². The van der Waals surface area contributed by atoms with E-state index in [1.165, 1.54) is 31.2 Å². The second-order valence-corrected chi connectivity index (χ2v) is 10.0. The molecule has 2 aromatic rings. The molecule has 0 amide bonds.